The molecule has 1 aliphatic rings. The molecule has 0 saturated carbocycles. The van der Waals surface area contributed by atoms with E-state index in [2.05, 4.69) is 63.5 Å². The number of halogens is 1. The second-order valence-electron chi connectivity index (χ2n) is 7.63. The van der Waals surface area contributed by atoms with Gasteiger partial charge in [0.2, 0.25) is 5.95 Å². The molecule has 2 N–H and O–H groups in total. The van der Waals surface area contributed by atoms with Crippen LogP contribution in [0, 0.1) is 19.7 Å². The van der Waals surface area contributed by atoms with E-state index in [1.807, 2.05) is 11.0 Å². The third-order valence-corrected chi connectivity index (χ3v) is 5.32. The maximum Gasteiger partial charge on any atom is 0.229 e. The van der Waals surface area contributed by atoms with E-state index in [4.69, 9.17) is 0 Å². The van der Waals surface area contributed by atoms with Gasteiger partial charge < -0.3 is 20.4 Å². The Labute approximate surface area is 176 Å². The van der Waals surface area contributed by atoms with E-state index in [1.54, 1.807) is 18.5 Å². The van der Waals surface area contributed by atoms with Crippen LogP contribution >= 0.6 is 0 Å². The minimum atomic E-state index is -0.353. The molecule has 3 aromatic rings. The van der Waals surface area contributed by atoms with Gasteiger partial charge in [0, 0.05) is 44.1 Å². The molecule has 8 heteroatoms. The maximum absolute atomic E-state index is 14.7. The summed E-state index contributed by atoms with van der Waals surface area (Å²) in [5, 5.41) is 6.31. The quantitative estimate of drug-likeness (QED) is 0.665. The number of aryl methyl sites for hydroxylation is 2. The van der Waals surface area contributed by atoms with E-state index in [0.29, 0.717) is 23.3 Å². The van der Waals surface area contributed by atoms with Gasteiger partial charge in [-0.25, -0.2) is 14.4 Å². The molecule has 0 radical (unpaired) electrons. The van der Waals surface area contributed by atoms with Crippen LogP contribution in [0.5, 0.6) is 0 Å². The lowest BCUT2D eigenvalue weighted by Crippen LogP contribution is -2.45. The molecule has 0 unspecified atom stereocenters. The molecule has 0 atom stereocenters. The van der Waals surface area contributed by atoms with Gasteiger partial charge in [-0.3, -0.25) is 0 Å². The molecule has 3 heterocycles. The molecule has 1 saturated heterocycles. The molecule has 0 aliphatic carbocycles. The summed E-state index contributed by atoms with van der Waals surface area (Å²) in [6.45, 7) is 7.48. The standard InChI is InChI=1S/C22H26FN7/c1-15-4-5-17(12-16(15)2)26-20-6-7-24-22(28-20)27-18-13-19(23)21(25-14-18)30-10-8-29(3)9-11-30/h4-7,12-14H,8-11H2,1-3H3,(H2,24,26,27,28). The van der Waals surface area contributed by atoms with Gasteiger partial charge >= 0.3 is 0 Å². The smallest absolute Gasteiger partial charge is 0.229 e. The fraction of sp³-hybridized carbons (Fsp3) is 0.318. The number of nitrogens with zero attached hydrogens (tertiary/aromatic N) is 5. The van der Waals surface area contributed by atoms with Crippen LogP contribution in [-0.4, -0.2) is 53.1 Å². The molecular formula is C22H26FN7. The van der Waals surface area contributed by atoms with E-state index in [-0.39, 0.29) is 5.82 Å². The lowest BCUT2D eigenvalue weighted by atomic mass is 10.1. The van der Waals surface area contributed by atoms with Crippen LogP contribution in [-0.2, 0) is 0 Å². The second kappa shape index (κ2) is 8.62. The number of piperazine rings is 1. The van der Waals surface area contributed by atoms with Crippen molar-refractivity contribution in [2.24, 2.45) is 0 Å². The number of aromatic nitrogens is 3. The zero-order valence-corrected chi connectivity index (χ0v) is 17.5. The Hall–Kier alpha value is -3.26. The van der Waals surface area contributed by atoms with Crippen molar-refractivity contribution in [3.05, 3.63) is 59.7 Å². The third-order valence-electron chi connectivity index (χ3n) is 5.32. The molecule has 2 aromatic heterocycles. The molecule has 0 bridgehead atoms. The van der Waals surface area contributed by atoms with Gasteiger partial charge in [0.15, 0.2) is 11.6 Å². The van der Waals surface area contributed by atoms with E-state index in [9.17, 15) is 4.39 Å². The molecule has 30 heavy (non-hydrogen) atoms. The van der Waals surface area contributed by atoms with Gasteiger partial charge in [0.25, 0.3) is 0 Å². The Bertz CT molecular complexity index is 1030. The number of hydrogen-bond acceptors (Lipinski definition) is 7. The van der Waals surface area contributed by atoms with Crippen LogP contribution in [0.1, 0.15) is 11.1 Å². The van der Waals surface area contributed by atoms with Gasteiger partial charge in [-0.2, -0.15) is 4.98 Å². The molecule has 1 fully saturated rings. The summed E-state index contributed by atoms with van der Waals surface area (Å²) in [5.74, 6) is 1.06. The number of likely N-dealkylation sites (N-methyl/N-ethyl adjacent to an activating group) is 1. The summed E-state index contributed by atoms with van der Waals surface area (Å²) in [5.41, 5.74) is 3.90. The van der Waals surface area contributed by atoms with Crippen LogP contribution in [0.25, 0.3) is 0 Å². The molecule has 1 aliphatic heterocycles. The van der Waals surface area contributed by atoms with Crippen LogP contribution in [0.15, 0.2) is 42.7 Å². The van der Waals surface area contributed by atoms with Crippen molar-refractivity contribution in [3.8, 4) is 0 Å². The molecule has 0 spiro atoms. The first-order chi connectivity index (χ1) is 14.5. The van der Waals surface area contributed by atoms with E-state index >= 15 is 0 Å². The van der Waals surface area contributed by atoms with E-state index in [1.165, 1.54) is 17.2 Å². The molecule has 1 aromatic carbocycles. The first-order valence-corrected chi connectivity index (χ1v) is 10.0. The number of nitrogens with one attached hydrogen (secondary N) is 2. The predicted octanol–water partition coefficient (Wildman–Crippen LogP) is 3.87. The zero-order valence-electron chi connectivity index (χ0n) is 17.5. The average molecular weight is 407 g/mol. The minimum Gasteiger partial charge on any atom is -0.352 e. The molecular weight excluding hydrogens is 381 g/mol. The number of benzene rings is 1. The van der Waals surface area contributed by atoms with Gasteiger partial charge in [-0.1, -0.05) is 6.07 Å². The Balaban J connectivity index is 1.46. The number of hydrogen-bond donors (Lipinski definition) is 2. The Morgan fingerprint density at radius 2 is 1.70 bits per heavy atom. The van der Waals surface area contributed by atoms with Crippen molar-refractivity contribution < 1.29 is 4.39 Å². The van der Waals surface area contributed by atoms with Crippen molar-refractivity contribution in [1.29, 1.82) is 0 Å². The normalized spacial score (nSPS) is 14.6. The van der Waals surface area contributed by atoms with Crippen molar-refractivity contribution in [2.45, 2.75) is 13.8 Å². The number of rotatable bonds is 5. The second-order valence-corrected chi connectivity index (χ2v) is 7.63. The number of anilines is 5. The van der Waals surface area contributed by atoms with Crippen molar-refractivity contribution in [1.82, 2.24) is 19.9 Å². The Morgan fingerprint density at radius 3 is 2.43 bits per heavy atom. The Morgan fingerprint density at radius 1 is 0.900 bits per heavy atom. The summed E-state index contributed by atoms with van der Waals surface area (Å²) in [4.78, 5) is 17.2. The van der Waals surface area contributed by atoms with Crippen molar-refractivity contribution >= 4 is 29.0 Å². The highest BCUT2D eigenvalue weighted by atomic mass is 19.1. The molecule has 156 valence electrons. The highest BCUT2D eigenvalue weighted by molar-refractivity contribution is 5.61. The average Bonchev–Trinajstić information content (AvgIpc) is 2.72. The van der Waals surface area contributed by atoms with Crippen LogP contribution in [0.3, 0.4) is 0 Å². The van der Waals surface area contributed by atoms with Gasteiger partial charge in [0.05, 0.1) is 11.9 Å². The summed E-state index contributed by atoms with van der Waals surface area (Å²) in [6, 6.07) is 9.37. The van der Waals surface area contributed by atoms with Crippen molar-refractivity contribution in [2.75, 3.05) is 48.8 Å². The lowest BCUT2D eigenvalue weighted by Gasteiger charge is -2.33. The van der Waals surface area contributed by atoms with E-state index in [0.717, 1.165) is 31.9 Å². The fourth-order valence-corrected chi connectivity index (χ4v) is 3.33. The van der Waals surface area contributed by atoms with Crippen LogP contribution in [0.2, 0.25) is 0 Å². The molecule has 4 rings (SSSR count). The lowest BCUT2D eigenvalue weighted by molar-refractivity contribution is 0.311. The van der Waals surface area contributed by atoms with Crippen LogP contribution < -0.4 is 15.5 Å². The minimum absolute atomic E-state index is 0.353. The topological polar surface area (TPSA) is 69.2 Å². The third kappa shape index (κ3) is 4.65. The highest BCUT2D eigenvalue weighted by Gasteiger charge is 2.19. The van der Waals surface area contributed by atoms with Gasteiger partial charge in [0.1, 0.15) is 5.82 Å². The highest BCUT2D eigenvalue weighted by Crippen LogP contribution is 2.23. The van der Waals surface area contributed by atoms with Gasteiger partial charge in [-0.05, 0) is 50.2 Å². The zero-order chi connectivity index (χ0) is 21.1. The van der Waals surface area contributed by atoms with E-state index < -0.39 is 0 Å². The SMILES string of the molecule is Cc1ccc(Nc2ccnc(Nc3cnc(N4CCN(C)CC4)c(F)c3)n2)cc1C. The van der Waals surface area contributed by atoms with Gasteiger partial charge in [-0.15, -0.1) is 0 Å². The monoisotopic (exact) mass is 407 g/mol. The molecule has 7 nitrogen and oxygen atoms in total. The largest absolute Gasteiger partial charge is 0.352 e. The summed E-state index contributed by atoms with van der Waals surface area (Å²) in [6.07, 6.45) is 3.27. The predicted molar refractivity (Wildman–Crippen MR) is 118 cm³/mol. The van der Waals surface area contributed by atoms with Crippen LogP contribution in [0.4, 0.5) is 33.3 Å². The number of pyridine rings is 1. The summed E-state index contributed by atoms with van der Waals surface area (Å²) >= 11 is 0. The maximum atomic E-state index is 14.7. The fourth-order valence-electron chi connectivity index (χ4n) is 3.33. The summed E-state index contributed by atoms with van der Waals surface area (Å²) < 4.78 is 14.7. The van der Waals surface area contributed by atoms with Crippen molar-refractivity contribution in [3.63, 3.8) is 0 Å². The first-order valence-electron chi connectivity index (χ1n) is 10.0. The Kier molecular flexibility index (Phi) is 5.76. The first kappa shape index (κ1) is 20.0. The molecule has 0 amide bonds. The summed E-state index contributed by atoms with van der Waals surface area (Å²) in [7, 11) is 2.07.